The van der Waals surface area contributed by atoms with Gasteiger partial charge in [-0.1, -0.05) is 49.3 Å². The Balaban J connectivity index is 1.29. The summed E-state index contributed by atoms with van der Waals surface area (Å²) < 4.78 is 7.24. The van der Waals surface area contributed by atoms with E-state index in [0.29, 0.717) is 29.4 Å². The molecule has 1 saturated carbocycles. The molecular formula is C26H29N5O4. The smallest absolute Gasteiger partial charge is 0.274 e. The molecule has 0 bridgehead atoms. The van der Waals surface area contributed by atoms with Gasteiger partial charge in [-0.2, -0.15) is 9.50 Å². The van der Waals surface area contributed by atoms with Crippen LogP contribution in [0.1, 0.15) is 59.9 Å². The first-order valence-corrected chi connectivity index (χ1v) is 12.0. The van der Waals surface area contributed by atoms with E-state index in [4.69, 9.17) is 4.74 Å². The largest absolute Gasteiger partial charge is 0.486 e. The summed E-state index contributed by atoms with van der Waals surface area (Å²) in [7, 11) is 0. The normalized spacial score (nSPS) is 18.7. The van der Waals surface area contributed by atoms with E-state index >= 15 is 0 Å². The second-order valence-electron chi connectivity index (χ2n) is 9.32. The van der Waals surface area contributed by atoms with E-state index in [1.807, 2.05) is 18.2 Å². The van der Waals surface area contributed by atoms with Crippen molar-refractivity contribution < 1.29 is 14.6 Å². The summed E-state index contributed by atoms with van der Waals surface area (Å²) in [4.78, 5) is 34.5. The molecule has 2 heterocycles. The summed E-state index contributed by atoms with van der Waals surface area (Å²) in [6.07, 6.45) is 12.8. The highest BCUT2D eigenvalue weighted by atomic mass is 16.5. The van der Waals surface area contributed by atoms with Crippen LogP contribution in [0.5, 0.6) is 5.75 Å². The van der Waals surface area contributed by atoms with Crippen LogP contribution < -0.4 is 15.6 Å². The molecule has 0 radical (unpaired) electrons. The van der Waals surface area contributed by atoms with Crippen molar-refractivity contribution in [2.24, 2.45) is 5.41 Å². The number of H-pyrrole nitrogens is 1. The second kappa shape index (κ2) is 9.87. The lowest BCUT2D eigenvalue weighted by Gasteiger charge is -2.26. The lowest BCUT2D eigenvalue weighted by atomic mass is 9.87. The van der Waals surface area contributed by atoms with Crippen LogP contribution in [-0.4, -0.2) is 43.7 Å². The second-order valence-corrected chi connectivity index (χ2v) is 9.32. The fourth-order valence-corrected chi connectivity index (χ4v) is 4.78. The van der Waals surface area contributed by atoms with E-state index in [9.17, 15) is 14.7 Å². The summed E-state index contributed by atoms with van der Waals surface area (Å²) in [5.41, 5.74) is 0.307. The summed E-state index contributed by atoms with van der Waals surface area (Å²) in [5.74, 6) is 1.18. The first-order chi connectivity index (χ1) is 17.1. The van der Waals surface area contributed by atoms with Crippen molar-refractivity contribution in [2.75, 3.05) is 13.2 Å². The first-order valence-electron chi connectivity index (χ1n) is 12.0. The van der Waals surface area contributed by atoms with Gasteiger partial charge >= 0.3 is 0 Å². The first kappa shape index (κ1) is 23.0. The third kappa shape index (κ3) is 4.90. The summed E-state index contributed by atoms with van der Waals surface area (Å²) in [6, 6.07) is 8.38. The average molecular weight is 476 g/mol. The molecule has 9 heteroatoms. The van der Waals surface area contributed by atoms with E-state index in [2.05, 4.69) is 26.5 Å². The van der Waals surface area contributed by atoms with Crippen molar-refractivity contribution >= 4 is 11.7 Å². The molecule has 9 nitrogen and oxygen atoms in total. The molecule has 0 saturated heterocycles. The maximum absolute atomic E-state index is 12.9. The Morgan fingerprint density at radius 2 is 2.06 bits per heavy atom. The Kier molecular flexibility index (Phi) is 6.50. The number of amides is 1. The van der Waals surface area contributed by atoms with Gasteiger partial charge in [-0.15, -0.1) is 0 Å². The van der Waals surface area contributed by atoms with E-state index in [0.717, 1.165) is 32.1 Å². The zero-order valence-corrected chi connectivity index (χ0v) is 19.4. The van der Waals surface area contributed by atoms with E-state index in [-0.39, 0.29) is 41.8 Å². The third-order valence-corrected chi connectivity index (χ3v) is 6.86. The molecular weight excluding hydrogens is 446 g/mol. The number of benzene rings is 1. The number of nitrogens with one attached hydrogen (secondary N) is 2. The van der Waals surface area contributed by atoms with Crippen LogP contribution in [-0.2, 0) is 6.61 Å². The van der Waals surface area contributed by atoms with Crippen molar-refractivity contribution in [1.82, 2.24) is 24.9 Å². The van der Waals surface area contributed by atoms with Gasteiger partial charge in [-0.3, -0.25) is 14.7 Å². The molecule has 1 aromatic carbocycles. The van der Waals surface area contributed by atoms with Crippen LogP contribution in [0.3, 0.4) is 0 Å². The number of allylic oxidation sites excluding steroid dienone is 4. The van der Waals surface area contributed by atoms with Crippen molar-refractivity contribution in [3.63, 3.8) is 0 Å². The number of hydrogen-bond acceptors (Lipinski definition) is 6. The van der Waals surface area contributed by atoms with E-state index in [1.54, 1.807) is 24.3 Å². The molecule has 3 N–H and O–H groups in total. The topological polar surface area (TPSA) is 122 Å². The molecule has 1 unspecified atom stereocenters. The third-order valence-electron chi connectivity index (χ3n) is 6.86. The zero-order chi connectivity index (χ0) is 24.3. The Labute approximate surface area is 202 Å². The van der Waals surface area contributed by atoms with Crippen LogP contribution in [0.2, 0.25) is 0 Å². The number of aliphatic hydroxyl groups is 1. The quantitative estimate of drug-likeness (QED) is 0.461. The lowest BCUT2D eigenvalue weighted by molar-refractivity contribution is 0.0876. The van der Waals surface area contributed by atoms with Gasteiger partial charge in [0.25, 0.3) is 17.2 Å². The molecule has 0 aliphatic heterocycles. The van der Waals surface area contributed by atoms with Crippen LogP contribution in [0.4, 0.5) is 0 Å². The average Bonchev–Trinajstić information content (AvgIpc) is 3.55. The van der Waals surface area contributed by atoms with Gasteiger partial charge in [0.1, 0.15) is 18.2 Å². The highest BCUT2D eigenvalue weighted by molar-refractivity contribution is 5.96. The molecule has 0 spiro atoms. The number of aromatic nitrogens is 4. The van der Waals surface area contributed by atoms with Crippen molar-refractivity contribution in [3.8, 4) is 5.75 Å². The van der Waals surface area contributed by atoms with Crippen molar-refractivity contribution in [1.29, 1.82) is 0 Å². The zero-order valence-electron chi connectivity index (χ0n) is 19.4. The molecule has 5 rings (SSSR count). The van der Waals surface area contributed by atoms with Crippen LogP contribution in [0.15, 0.2) is 59.4 Å². The number of rotatable bonds is 8. The minimum Gasteiger partial charge on any atom is -0.486 e. The number of ether oxygens (including phenoxy) is 1. The highest BCUT2D eigenvalue weighted by Gasteiger charge is 2.33. The molecule has 35 heavy (non-hydrogen) atoms. The number of carbonyl (C=O) groups excluding carboxylic acids is 1. The van der Waals surface area contributed by atoms with Gasteiger partial charge in [0, 0.05) is 23.9 Å². The monoisotopic (exact) mass is 475 g/mol. The number of aromatic amines is 1. The van der Waals surface area contributed by atoms with Gasteiger partial charge in [0.2, 0.25) is 0 Å². The minimum atomic E-state index is -0.278. The van der Waals surface area contributed by atoms with Gasteiger partial charge in [-0.25, -0.2) is 4.98 Å². The fraction of sp³-hybridized carbons (Fsp3) is 0.385. The predicted molar refractivity (Wildman–Crippen MR) is 130 cm³/mol. The molecule has 1 atom stereocenters. The molecule has 1 amide bonds. The van der Waals surface area contributed by atoms with Gasteiger partial charge < -0.3 is 15.2 Å². The Morgan fingerprint density at radius 3 is 2.83 bits per heavy atom. The Hall–Kier alpha value is -3.72. The highest BCUT2D eigenvalue weighted by Crippen LogP contribution is 2.37. The molecule has 3 aromatic rings. The number of aliphatic hydroxyl groups excluding tert-OH is 1. The SMILES string of the molecule is O=C(NCC1(CO)CCCC1)c1ccccc1OCc1cc(=O)n2[nH]c(C3C=CC=CC3)nc2n1. The molecule has 2 aromatic heterocycles. The van der Waals surface area contributed by atoms with E-state index in [1.165, 1.54) is 10.6 Å². The molecule has 1 fully saturated rings. The van der Waals surface area contributed by atoms with Gasteiger partial charge in [0.15, 0.2) is 0 Å². The van der Waals surface area contributed by atoms with Gasteiger partial charge in [0.05, 0.1) is 17.9 Å². The minimum absolute atomic E-state index is 0.0187. The number of para-hydroxylation sites is 1. The van der Waals surface area contributed by atoms with Crippen molar-refractivity contribution in [3.05, 3.63) is 82.1 Å². The number of fused-ring (bicyclic) bond motifs is 1. The summed E-state index contributed by atoms with van der Waals surface area (Å²) in [6.45, 7) is 0.516. The van der Waals surface area contributed by atoms with Gasteiger partial charge in [-0.05, 0) is 31.4 Å². The summed E-state index contributed by atoms with van der Waals surface area (Å²) in [5, 5.41) is 15.8. The number of hydrogen-bond donors (Lipinski definition) is 3. The van der Waals surface area contributed by atoms with Crippen LogP contribution in [0, 0.1) is 5.41 Å². The standard InChI is InChI=1S/C26H29N5O4/c32-17-26(12-6-7-13-26)16-27-24(34)20-10-4-5-11-21(20)35-15-19-14-22(33)31-25(28-19)29-23(30-31)18-8-2-1-3-9-18/h1-5,8,10-11,14,18,32H,6-7,9,12-13,15-17H2,(H,27,34)(H,28,29,30). The van der Waals surface area contributed by atoms with Crippen molar-refractivity contribution in [2.45, 2.75) is 44.6 Å². The Bertz CT molecular complexity index is 1330. The maximum Gasteiger partial charge on any atom is 0.274 e. The number of carbonyl (C=O) groups is 1. The number of nitrogens with zero attached hydrogens (tertiary/aromatic N) is 3. The predicted octanol–water partition coefficient (Wildman–Crippen LogP) is 2.88. The summed E-state index contributed by atoms with van der Waals surface area (Å²) >= 11 is 0. The lowest BCUT2D eigenvalue weighted by Crippen LogP contribution is -2.38. The van der Waals surface area contributed by atoms with Crippen LogP contribution in [0.25, 0.3) is 5.78 Å². The van der Waals surface area contributed by atoms with E-state index < -0.39 is 0 Å². The Morgan fingerprint density at radius 1 is 1.23 bits per heavy atom. The molecule has 2 aliphatic carbocycles. The maximum atomic E-state index is 12.9. The van der Waals surface area contributed by atoms with Crippen LogP contribution >= 0.6 is 0 Å². The molecule has 182 valence electrons. The molecule has 2 aliphatic rings. The fourth-order valence-electron chi connectivity index (χ4n) is 4.78.